The van der Waals surface area contributed by atoms with E-state index >= 15 is 0 Å². The molecule has 1 N–H and O–H groups in total. The van der Waals surface area contributed by atoms with Crippen LogP contribution in [0.5, 0.6) is 0 Å². The van der Waals surface area contributed by atoms with Gasteiger partial charge in [0.1, 0.15) is 6.10 Å². The molecule has 1 unspecified atom stereocenters. The molecule has 1 fully saturated rings. The maximum Gasteiger partial charge on any atom is 0.193 e. The Morgan fingerprint density at radius 2 is 2.30 bits per heavy atom. The van der Waals surface area contributed by atoms with Crippen LogP contribution in [0.2, 0.25) is 0 Å². The zero-order chi connectivity index (χ0) is 16.7. The van der Waals surface area contributed by atoms with Crippen molar-refractivity contribution >= 4 is 5.96 Å². The van der Waals surface area contributed by atoms with Crippen molar-refractivity contribution in [3.8, 4) is 0 Å². The number of rotatable bonds is 6. The summed E-state index contributed by atoms with van der Waals surface area (Å²) in [7, 11) is 3.78. The predicted molar refractivity (Wildman–Crippen MR) is 93.5 cm³/mol. The third-order valence-corrected chi connectivity index (χ3v) is 4.17. The highest BCUT2D eigenvalue weighted by molar-refractivity contribution is 5.80. The average Bonchev–Trinajstić information content (AvgIpc) is 2.97. The van der Waals surface area contributed by atoms with Crippen LogP contribution in [0, 0.1) is 5.92 Å². The third-order valence-electron chi connectivity index (χ3n) is 4.17. The van der Waals surface area contributed by atoms with E-state index in [-0.39, 0.29) is 6.10 Å². The van der Waals surface area contributed by atoms with Gasteiger partial charge in [0, 0.05) is 38.9 Å². The topological polar surface area (TPSA) is 54.7 Å². The van der Waals surface area contributed by atoms with Crippen molar-refractivity contribution in [3.63, 3.8) is 0 Å². The van der Waals surface area contributed by atoms with E-state index in [2.05, 4.69) is 34.2 Å². The maximum atomic E-state index is 5.89. The summed E-state index contributed by atoms with van der Waals surface area (Å²) in [5.74, 6) is 1.76. The normalized spacial score (nSPS) is 19.4. The van der Waals surface area contributed by atoms with Crippen LogP contribution in [-0.4, -0.2) is 53.9 Å². The lowest BCUT2D eigenvalue weighted by molar-refractivity contribution is -0.00802. The summed E-state index contributed by atoms with van der Waals surface area (Å²) < 4.78 is 7.71. The van der Waals surface area contributed by atoms with Crippen molar-refractivity contribution in [1.29, 1.82) is 0 Å². The Balaban J connectivity index is 1.81. The second-order valence-corrected chi connectivity index (χ2v) is 6.62. The molecular formula is C17H31N5O. The van der Waals surface area contributed by atoms with Crippen LogP contribution in [0.1, 0.15) is 44.8 Å². The standard InChI is InChI=1S/C17H31N5O/c1-14(2)7-5-6-8-19-17(18-3)22-9-10-23-16(13-22)15-11-20-21(4)12-15/h11-12,14,16H,5-10,13H2,1-4H3,(H,18,19). The zero-order valence-corrected chi connectivity index (χ0v) is 15.0. The fraction of sp³-hybridized carbons (Fsp3) is 0.765. The first kappa shape index (κ1) is 17.8. The van der Waals surface area contributed by atoms with Crippen LogP contribution < -0.4 is 5.32 Å². The highest BCUT2D eigenvalue weighted by Crippen LogP contribution is 2.21. The number of hydrogen-bond acceptors (Lipinski definition) is 3. The number of unbranched alkanes of at least 4 members (excludes halogenated alkanes) is 1. The Morgan fingerprint density at radius 3 is 2.96 bits per heavy atom. The van der Waals surface area contributed by atoms with Crippen LogP contribution >= 0.6 is 0 Å². The van der Waals surface area contributed by atoms with E-state index < -0.39 is 0 Å². The molecule has 0 bridgehead atoms. The number of nitrogens with zero attached hydrogens (tertiary/aromatic N) is 4. The minimum atomic E-state index is 0.0666. The van der Waals surface area contributed by atoms with Gasteiger partial charge in [0.25, 0.3) is 0 Å². The fourth-order valence-corrected chi connectivity index (χ4v) is 2.86. The number of aryl methyl sites for hydroxylation is 1. The first-order chi connectivity index (χ1) is 11.1. The molecule has 2 heterocycles. The van der Waals surface area contributed by atoms with Gasteiger partial charge in [-0.25, -0.2) is 0 Å². The second kappa shape index (κ2) is 8.91. The summed E-state index contributed by atoms with van der Waals surface area (Å²) in [5, 5.41) is 7.73. The minimum Gasteiger partial charge on any atom is -0.370 e. The monoisotopic (exact) mass is 321 g/mol. The molecule has 6 heteroatoms. The molecule has 1 aliphatic rings. The van der Waals surface area contributed by atoms with E-state index in [1.165, 1.54) is 19.3 Å². The number of guanidine groups is 1. The number of ether oxygens (including phenoxy) is 1. The molecule has 1 atom stereocenters. The molecule has 6 nitrogen and oxygen atoms in total. The van der Waals surface area contributed by atoms with Crippen molar-refractivity contribution in [2.45, 2.75) is 39.2 Å². The van der Waals surface area contributed by atoms with Gasteiger partial charge < -0.3 is 15.0 Å². The van der Waals surface area contributed by atoms with Crippen molar-refractivity contribution < 1.29 is 4.74 Å². The van der Waals surface area contributed by atoms with E-state index in [0.29, 0.717) is 6.61 Å². The summed E-state index contributed by atoms with van der Waals surface area (Å²) >= 11 is 0. The summed E-state index contributed by atoms with van der Waals surface area (Å²) in [6, 6.07) is 0. The van der Waals surface area contributed by atoms with E-state index in [4.69, 9.17) is 4.74 Å². The molecule has 0 saturated carbocycles. The summed E-state index contributed by atoms with van der Waals surface area (Å²) in [6.07, 6.45) is 7.72. The molecule has 1 saturated heterocycles. The van der Waals surface area contributed by atoms with Gasteiger partial charge >= 0.3 is 0 Å². The highest BCUT2D eigenvalue weighted by atomic mass is 16.5. The predicted octanol–water partition coefficient (Wildman–Crippen LogP) is 2.20. The van der Waals surface area contributed by atoms with Gasteiger partial charge in [-0.2, -0.15) is 5.10 Å². The molecule has 23 heavy (non-hydrogen) atoms. The average molecular weight is 321 g/mol. The Morgan fingerprint density at radius 1 is 1.48 bits per heavy atom. The number of morpholine rings is 1. The van der Waals surface area contributed by atoms with E-state index in [1.54, 1.807) is 0 Å². The molecule has 2 rings (SSSR count). The van der Waals surface area contributed by atoms with Gasteiger partial charge in [-0.15, -0.1) is 0 Å². The number of aromatic nitrogens is 2. The molecule has 0 aliphatic carbocycles. The molecule has 1 aliphatic heterocycles. The van der Waals surface area contributed by atoms with Crippen LogP contribution in [-0.2, 0) is 11.8 Å². The van der Waals surface area contributed by atoms with Crippen LogP contribution in [0.4, 0.5) is 0 Å². The smallest absolute Gasteiger partial charge is 0.193 e. The zero-order valence-electron chi connectivity index (χ0n) is 15.0. The Labute approximate surface area is 139 Å². The summed E-state index contributed by atoms with van der Waals surface area (Å²) in [6.45, 7) is 7.94. The number of nitrogens with one attached hydrogen (secondary N) is 1. The molecule has 0 amide bonds. The van der Waals surface area contributed by atoms with Crippen LogP contribution in [0.25, 0.3) is 0 Å². The largest absolute Gasteiger partial charge is 0.370 e. The first-order valence-corrected chi connectivity index (χ1v) is 8.66. The lowest BCUT2D eigenvalue weighted by atomic mass is 10.1. The fourth-order valence-electron chi connectivity index (χ4n) is 2.86. The molecule has 0 spiro atoms. The van der Waals surface area contributed by atoms with Gasteiger partial charge in [0.2, 0.25) is 0 Å². The lowest BCUT2D eigenvalue weighted by Crippen LogP contribution is -2.48. The Kier molecular flexibility index (Phi) is 6.89. The summed E-state index contributed by atoms with van der Waals surface area (Å²) in [5.41, 5.74) is 1.13. The molecule has 0 aromatic carbocycles. The highest BCUT2D eigenvalue weighted by Gasteiger charge is 2.24. The number of hydrogen-bond donors (Lipinski definition) is 1. The quantitative estimate of drug-likeness (QED) is 0.496. The summed E-state index contributed by atoms with van der Waals surface area (Å²) in [4.78, 5) is 6.71. The molecule has 130 valence electrons. The van der Waals surface area contributed by atoms with Crippen molar-refractivity contribution in [2.75, 3.05) is 33.3 Å². The van der Waals surface area contributed by atoms with Gasteiger partial charge in [0.05, 0.1) is 19.3 Å². The molecule has 1 aromatic heterocycles. The van der Waals surface area contributed by atoms with Crippen molar-refractivity contribution in [1.82, 2.24) is 20.0 Å². The van der Waals surface area contributed by atoms with Gasteiger partial charge in [-0.3, -0.25) is 9.67 Å². The molecular weight excluding hydrogens is 290 g/mol. The van der Waals surface area contributed by atoms with E-state index in [1.807, 2.05) is 31.2 Å². The van der Waals surface area contributed by atoms with Gasteiger partial charge in [-0.1, -0.05) is 26.7 Å². The van der Waals surface area contributed by atoms with Crippen LogP contribution in [0.15, 0.2) is 17.4 Å². The molecule has 0 radical (unpaired) electrons. The van der Waals surface area contributed by atoms with E-state index in [0.717, 1.165) is 37.1 Å². The second-order valence-electron chi connectivity index (χ2n) is 6.62. The molecule has 1 aromatic rings. The lowest BCUT2D eigenvalue weighted by Gasteiger charge is -2.34. The Bertz CT molecular complexity index is 497. The van der Waals surface area contributed by atoms with E-state index in [9.17, 15) is 0 Å². The van der Waals surface area contributed by atoms with Crippen LogP contribution in [0.3, 0.4) is 0 Å². The van der Waals surface area contributed by atoms with Crippen molar-refractivity contribution in [3.05, 3.63) is 18.0 Å². The number of aliphatic imine (C=N–C) groups is 1. The SMILES string of the molecule is CN=C(NCCCCC(C)C)N1CCOC(c2cnn(C)c2)C1. The maximum absolute atomic E-state index is 5.89. The van der Waals surface area contributed by atoms with Gasteiger partial charge in [0.15, 0.2) is 5.96 Å². The third kappa shape index (κ3) is 5.53. The van der Waals surface area contributed by atoms with Gasteiger partial charge in [-0.05, 0) is 12.3 Å². The van der Waals surface area contributed by atoms with Crippen molar-refractivity contribution in [2.24, 2.45) is 18.0 Å². The Hall–Kier alpha value is -1.56. The minimum absolute atomic E-state index is 0.0666. The first-order valence-electron chi connectivity index (χ1n) is 8.66.